The van der Waals surface area contributed by atoms with Gasteiger partial charge in [-0.25, -0.2) is 8.42 Å². The normalized spacial score (nSPS) is 16.7. The molecule has 2 aromatic rings. The summed E-state index contributed by atoms with van der Waals surface area (Å²) in [6, 6.07) is 12.8. The van der Waals surface area contributed by atoms with Crippen molar-refractivity contribution in [3.8, 4) is 17.2 Å². The molecule has 1 amide bonds. The first kappa shape index (κ1) is 24.5. The van der Waals surface area contributed by atoms with Gasteiger partial charge in [0.05, 0.1) is 12.7 Å². The molecule has 2 heterocycles. The minimum Gasteiger partial charge on any atom is -0.493 e. The summed E-state index contributed by atoms with van der Waals surface area (Å²) in [5.74, 6) is 0.761. The summed E-state index contributed by atoms with van der Waals surface area (Å²) in [7, 11) is -2.10. The number of methoxy groups -OCH3 is 1. The average molecular weight is 515 g/mol. The van der Waals surface area contributed by atoms with Crippen molar-refractivity contribution in [2.24, 2.45) is 10.1 Å². The molecule has 182 valence electrons. The highest BCUT2D eigenvalue weighted by Crippen LogP contribution is 2.32. The highest BCUT2D eigenvalue weighted by molar-refractivity contribution is 8.42. The van der Waals surface area contributed by atoms with E-state index >= 15 is 0 Å². The number of hydrogen-bond acceptors (Lipinski definition) is 9. The molecule has 0 aliphatic carbocycles. The molecule has 2 aliphatic rings. The van der Waals surface area contributed by atoms with E-state index in [1.165, 1.54) is 13.2 Å². The molecule has 0 unspecified atom stereocenters. The van der Waals surface area contributed by atoms with Crippen molar-refractivity contribution in [3.63, 3.8) is 0 Å². The molecule has 0 saturated heterocycles. The number of amides is 1. The molecular formula is C23H22N4O6S2. The number of sulfone groups is 1. The number of rotatable bonds is 7. The van der Waals surface area contributed by atoms with Gasteiger partial charge in [-0.05, 0) is 60.2 Å². The topological polar surface area (TPSA) is 131 Å². The van der Waals surface area contributed by atoms with Gasteiger partial charge in [-0.3, -0.25) is 10.2 Å². The first-order chi connectivity index (χ1) is 16.7. The highest BCUT2D eigenvalue weighted by Gasteiger charge is 2.38. The number of ether oxygens (including phenoxy) is 3. The van der Waals surface area contributed by atoms with Crippen LogP contribution in [-0.4, -0.2) is 61.3 Å². The van der Waals surface area contributed by atoms with E-state index < -0.39 is 15.7 Å². The van der Waals surface area contributed by atoms with Gasteiger partial charge < -0.3 is 14.2 Å². The van der Waals surface area contributed by atoms with Crippen molar-refractivity contribution < 1.29 is 27.4 Å². The van der Waals surface area contributed by atoms with E-state index in [-0.39, 0.29) is 21.0 Å². The molecule has 0 fully saturated rings. The smallest absolute Gasteiger partial charge is 0.283 e. The van der Waals surface area contributed by atoms with E-state index in [1.807, 2.05) is 31.2 Å². The number of carbonyl (C=O) groups excluding carboxylic acids is 1. The Kier molecular flexibility index (Phi) is 6.94. The molecule has 0 saturated carbocycles. The van der Waals surface area contributed by atoms with Crippen LogP contribution in [0.15, 0.2) is 58.1 Å². The first-order valence-corrected chi connectivity index (χ1v) is 13.1. The number of carbonyl (C=O) groups is 1. The number of aliphatic imine (C=N–C) groups is 1. The predicted molar refractivity (Wildman–Crippen MR) is 135 cm³/mol. The summed E-state index contributed by atoms with van der Waals surface area (Å²) in [4.78, 5) is 16.4. The molecule has 0 radical (unpaired) electrons. The lowest BCUT2D eigenvalue weighted by Crippen LogP contribution is -2.35. The number of nitrogens with one attached hydrogen (secondary N) is 1. The van der Waals surface area contributed by atoms with E-state index in [4.69, 9.17) is 19.6 Å². The van der Waals surface area contributed by atoms with E-state index in [0.717, 1.165) is 34.3 Å². The van der Waals surface area contributed by atoms with Crippen LogP contribution in [0.25, 0.3) is 6.08 Å². The maximum atomic E-state index is 12.5. The van der Waals surface area contributed by atoms with Gasteiger partial charge in [-0.1, -0.05) is 18.2 Å². The Morgan fingerprint density at radius 3 is 2.60 bits per heavy atom. The van der Waals surface area contributed by atoms with Crippen LogP contribution in [0.3, 0.4) is 0 Å². The Balaban J connectivity index is 1.47. The maximum Gasteiger partial charge on any atom is 0.283 e. The van der Waals surface area contributed by atoms with E-state index in [9.17, 15) is 13.2 Å². The highest BCUT2D eigenvalue weighted by atomic mass is 32.3. The minimum atomic E-state index is -3.60. The van der Waals surface area contributed by atoms with Gasteiger partial charge in [0, 0.05) is 6.26 Å². The van der Waals surface area contributed by atoms with Crippen molar-refractivity contribution in [1.29, 1.82) is 5.41 Å². The monoisotopic (exact) mass is 514 g/mol. The summed E-state index contributed by atoms with van der Waals surface area (Å²) in [5, 5.41) is 13.4. The molecular weight excluding hydrogens is 492 g/mol. The third kappa shape index (κ3) is 5.54. The Morgan fingerprint density at radius 2 is 1.89 bits per heavy atom. The molecule has 0 spiro atoms. The van der Waals surface area contributed by atoms with Crippen LogP contribution in [0.4, 0.5) is 0 Å². The van der Waals surface area contributed by atoms with Crippen LogP contribution in [0.5, 0.6) is 17.2 Å². The number of fused-ring (bicyclic) bond motifs is 1. The van der Waals surface area contributed by atoms with E-state index in [1.54, 1.807) is 18.2 Å². The Hall–Kier alpha value is -3.64. The zero-order chi connectivity index (χ0) is 25.2. The second-order valence-electron chi connectivity index (χ2n) is 7.58. The van der Waals surface area contributed by atoms with Crippen molar-refractivity contribution in [2.45, 2.75) is 6.92 Å². The van der Waals surface area contributed by atoms with Crippen LogP contribution in [0.2, 0.25) is 0 Å². The van der Waals surface area contributed by atoms with Gasteiger partial charge in [-0.2, -0.15) is 10.0 Å². The SMILES string of the molecule is COc1cc(/C=C2\C(=N)N3N=C(S(C)(=O)=O)SC3=NC2=O)ccc1OCCOc1cccc(C)c1. The molecule has 12 heteroatoms. The van der Waals surface area contributed by atoms with E-state index in [0.29, 0.717) is 30.3 Å². The van der Waals surface area contributed by atoms with Gasteiger partial charge in [0.2, 0.25) is 19.4 Å². The Labute approximate surface area is 206 Å². The standard InChI is InChI=1S/C23H22N4O6S2/c1-14-5-4-6-16(11-14)32-9-10-33-18-8-7-15(13-19(18)31-2)12-17-20(24)27-22(25-21(17)28)34-23(26-27)35(3,29)30/h4-8,11-13,24H,9-10H2,1-3H3/b17-12+,24-20?. The summed E-state index contributed by atoms with van der Waals surface area (Å²) in [5.41, 5.74) is 1.64. The maximum absolute atomic E-state index is 12.5. The minimum absolute atomic E-state index is 0.0323. The summed E-state index contributed by atoms with van der Waals surface area (Å²) in [6.07, 6.45) is 2.47. The molecule has 35 heavy (non-hydrogen) atoms. The molecule has 0 atom stereocenters. The summed E-state index contributed by atoms with van der Waals surface area (Å²) >= 11 is 0.736. The number of amidine groups is 2. The van der Waals surface area contributed by atoms with Gasteiger partial charge in [0.25, 0.3) is 5.91 Å². The first-order valence-electron chi connectivity index (χ1n) is 10.4. The zero-order valence-electron chi connectivity index (χ0n) is 19.1. The van der Waals surface area contributed by atoms with Gasteiger partial charge in [-0.15, -0.1) is 5.10 Å². The number of thioether (sulfide) groups is 1. The lowest BCUT2D eigenvalue weighted by Gasteiger charge is -2.20. The van der Waals surface area contributed by atoms with Crippen molar-refractivity contribution in [1.82, 2.24) is 5.01 Å². The third-order valence-corrected chi connectivity index (χ3v) is 7.43. The van der Waals surface area contributed by atoms with Crippen LogP contribution in [-0.2, 0) is 14.6 Å². The lowest BCUT2D eigenvalue weighted by molar-refractivity contribution is -0.114. The number of aryl methyl sites for hydroxylation is 1. The molecule has 2 aliphatic heterocycles. The number of hydrogen-bond donors (Lipinski definition) is 1. The van der Waals surface area contributed by atoms with E-state index in [2.05, 4.69) is 10.1 Å². The largest absolute Gasteiger partial charge is 0.493 e. The van der Waals surface area contributed by atoms with Crippen molar-refractivity contribution >= 4 is 49.0 Å². The number of hydrazone groups is 1. The second-order valence-corrected chi connectivity index (χ2v) is 10.7. The van der Waals surface area contributed by atoms with Gasteiger partial charge in [0.1, 0.15) is 19.0 Å². The molecule has 0 bridgehead atoms. The molecule has 1 N–H and O–H groups in total. The molecule has 0 aromatic heterocycles. The van der Waals surface area contributed by atoms with Crippen LogP contribution >= 0.6 is 11.8 Å². The lowest BCUT2D eigenvalue weighted by atomic mass is 10.1. The van der Waals surface area contributed by atoms with Crippen molar-refractivity contribution in [2.75, 3.05) is 26.6 Å². The second kappa shape index (κ2) is 9.92. The predicted octanol–water partition coefficient (Wildman–Crippen LogP) is 3.08. The Bertz CT molecular complexity index is 1400. The fourth-order valence-electron chi connectivity index (χ4n) is 3.20. The number of nitrogens with zero attached hydrogens (tertiary/aromatic N) is 3. The fourth-order valence-corrected chi connectivity index (χ4v) is 4.89. The summed E-state index contributed by atoms with van der Waals surface area (Å²) < 4.78 is 40.2. The molecule has 4 rings (SSSR count). The van der Waals surface area contributed by atoms with Crippen molar-refractivity contribution in [3.05, 3.63) is 59.2 Å². The fraction of sp³-hybridized carbons (Fsp3) is 0.217. The Morgan fingerprint density at radius 1 is 1.11 bits per heavy atom. The molecule has 2 aromatic carbocycles. The number of benzene rings is 2. The quantitative estimate of drug-likeness (QED) is 0.441. The third-order valence-electron chi connectivity index (χ3n) is 4.85. The average Bonchev–Trinajstić information content (AvgIpc) is 3.25. The van der Waals surface area contributed by atoms with Crippen LogP contribution < -0.4 is 14.2 Å². The van der Waals surface area contributed by atoms with Gasteiger partial charge in [0.15, 0.2) is 17.3 Å². The zero-order valence-corrected chi connectivity index (χ0v) is 20.8. The summed E-state index contributed by atoms with van der Waals surface area (Å²) in [6.45, 7) is 2.62. The van der Waals surface area contributed by atoms with Gasteiger partial charge >= 0.3 is 0 Å². The molecule has 10 nitrogen and oxygen atoms in total. The van der Waals surface area contributed by atoms with Crippen LogP contribution in [0.1, 0.15) is 11.1 Å². The van der Waals surface area contributed by atoms with Crippen LogP contribution in [0, 0.1) is 12.3 Å².